The minimum Gasteiger partial charge on any atom is -0.374 e. The summed E-state index contributed by atoms with van der Waals surface area (Å²) in [5.74, 6) is -0.135. The lowest BCUT2D eigenvalue weighted by Crippen LogP contribution is -2.31. The molecule has 1 amide bonds. The average Bonchev–Trinajstić information content (AvgIpc) is 1.82. The number of rotatable bonds is 4. The Kier molecular flexibility index (Phi) is 4.94. The number of carbonyl (C=O) groups is 1. The Morgan fingerprint density at radius 1 is 1.80 bits per heavy atom. The molecule has 1 atom stereocenters. The fourth-order valence-corrected chi connectivity index (χ4v) is 0.595. The normalized spacial score (nSPS) is 12.7. The molecule has 0 aliphatic rings. The van der Waals surface area contributed by atoms with Crippen molar-refractivity contribution in [3.63, 3.8) is 0 Å². The average molecular weight is 144 g/mol. The van der Waals surface area contributed by atoms with Crippen molar-refractivity contribution in [3.05, 3.63) is 6.92 Å². The molecule has 0 aliphatic heterocycles. The third-order valence-corrected chi connectivity index (χ3v) is 1.08. The van der Waals surface area contributed by atoms with Crippen LogP contribution in [0.2, 0.25) is 0 Å². The van der Waals surface area contributed by atoms with Crippen molar-refractivity contribution in [1.82, 2.24) is 5.32 Å². The second kappa shape index (κ2) is 5.23. The Morgan fingerprint density at radius 3 is 2.80 bits per heavy atom. The predicted octanol–water partition coefficient (Wildman–Crippen LogP) is 0.445. The van der Waals surface area contributed by atoms with Crippen LogP contribution in [-0.2, 0) is 4.79 Å². The molecule has 59 valence electrons. The van der Waals surface area contributed by atoms with Crippen LogP contribution in [0.15, 0.2) is 0 Å². The van der Waals surface area contributed by atoms with Crippen molar-refractivity contribution >= 4 is 5.91 Å². The van der Waals surface area contributed by atoms with Crippen molar-refractivity contribution in [2.75, 3.05) is 0 Å². The summed E-state index contributed by atoms with van der Waals surface area (Å²) >= 11 is 0. The maximum atomic E-state index is 10.7. The van der Waals surface area contributed by atoms with E-state index < -0.39 is 6.23 Å². The molecule has 0 rings (SSSR count). The van der Waals surface area contributed by atoms with Gasteiger partial charge in [-0.05, 0) is 13.3 Å². The van der Waals surface area contributed by atoms with E-state index in [2.05, 4.69) is 12.2 Å². The summed E-state index contributed by atoms with van der Waals surface area (Å²) in [7, 11) is 0. The molecule has 3 nitrogen and oxygen atoms in total. The smallest absolute Gasteiger partial charge is 0.221 e. The van der Waals surface area contributed by atoms with Crippen LogP contribution in [-0.4, -0.2) is 17.2 Å². The number of aliphatic hydroxyl groups is 1. The summed E-state index contributed by atoms with van der Waals surface area (Å²) in [6.07, 6.45) is 1.35. The number of aliphatic hydroxyl groups excluding tert-OH is 1. The molecule has 0 aromatic rings. The highest BCUT2D eigenvalue weighted by atomic mass is 16.3. The van der Waals surface area contributed by atoms with E-state index >= 15 is 0 Å². The van der Waals surface area contributed by atoms with Crippen LogP contribution in [0.4, 0.5) is 0 Å². The van der Waals surface area contributed by atoms with Gasteiger partial charge in [-0.25, -0.2) is 0 Å². The van der Waals surface area contributed by atoms with Crippen molar-refractivity contribution < 1.29 is 9.90 Å². The van der Waals surface area contributed by atoms with E-state index in [9.17, 15) is 4.79 Å². The van der Waals surface area contributed by atoms with Gasteiger partial charge >= 0.3 is 0 Å². The van der Waals surface area contributed by atoms with Gasteiger partial charge in [-0.3, -0.25) is 4.79 Å². The maximum Gasteiger partial charge on any atom is 0.221 e. The highest BCUT2D eigenvalue weighted by Gasteiger charge is 2.01. The second-order valence-electron chi connectivity index (χ2n) is 2.19. The SMILES string of the molecule is [CH2]C(O)NC(=O)CCCC. The van der Waals surface area contributed by atoms with Crippen molar-refractivity contribution in [1.29, 1.82) is 0 Å². The Balaban J connectivity index is 3.26. The fraction of sp³-hybridized carbons (Fsp3) is 0.714. The highest BCUT2D eigenvalue weighted by molar-refractivity contribution is 5.75. The van der Waals surface area contributed by atoms with E-state index in [0.29, 0.717) is 6.42 Å². The Hall–Kier alpha value is -0.570. The molecule has 0 saturated heterocycles. The number of unbranched alkanes of at least 4 members (excludes halogenated alkanes) is 1. The first-order valence-electron chi connectivity index (χ1n) is 3.47. The Morgan fingerprint density at radius 2 is 2.40 bits per heavy atom. The predicted molar refractivity (Wildman–Crippen MR) is 39.0 cm³/mol. The lowest BCUT2D eigenvalue weighted by molar-refractivity contribution is -0.123. The van der Waals surface area contributed by atoms with E-state index in [0.717, 1.165) is 12.8 Å². The molecule has 0 aliphatic carbocycles. The first-order chi connectivity index (χ1) is 4.66. The summed E-state index contributed by atoms with van der Waals surface area (Å²) in [4.78, 5) is 10.7. The molecule has 3 heteroatoms. The third-order valence-electron chi connectivity index (χ3n) is 1.08. The van der Waals surface area contributed by atoms with Crippen LogP contribution in [0, 0.1) is 6.92 Å². The molecular formula is C7H14NO2. The molecule has 1 radical (unpaired) electrons. The van der Waals surface area contributed by atoms with Gasteiger partial charge < -0.3 is 10.4 Å². The van der Waals surface area contributed by atoms with Crippen LogP contribution < -0.4 is 5.32 Å². The summed E-state index contributed by atoms with van der Waals surface area (Å²) in [6, 6.07) is 0. The highest BCUT2D eigenvalue weighted by Crippen LogP contribution is 1.92. The van der Waals surface area contributed by atoms with Gasteiger partial charge in [-0.2, -0.15) is 0 Å². The van der Waals surface area contributed by atoms with Crippen molar-refractivity contribution in [2.24, 2.45) is 0 Å². The standard InChI is InChI=1S/C7H14NO2/c1-3-4-5-7(10)8-6(2)9/h6,9H,2-5H2,1H3,(H,8,10). The minimum absolute atomic E-state index is 0.135. The first-order valence-corrected chi connectivity index (χ1v) is 3.47. The quantitative estimate of drug-likeness (QED) is 0.563. The van der Waals surface area contributed by atoms with E-state index in [-0.39, 0.29) is 5.91 Å². The lowest BCUT2D eigenvalue weighted by Gasteiger charge is -2.05. The zero-order valence-corrected chi connectivity index (χ0v) is 6.26. The number of nitrogens with one attached hydrogen (secondary N) is 1. The number of hydrogen-bond acceptors (Lipinski definition) is 2. The lowest BCUT2D eigenvalue weighted by atomic mass is 10.2. The molecular weight excluding hydrogens is 130 g/mol. The summed E-state index contributed by atoms with van der Waals surface area (Å²) in [5.41, 5.74) is 0. The molecule has 0 heterocycles. The molecule has 0 aromatic carbocycles. The van der Waals surface area contributed by atoms with Crippen molar-refractivity contribution in [2.45, 2.75) is 32.4 Å². The molecule has 1 unspecified atom stereocenters. The summed E-state index contributed by atoms with van der Waals surface area (Å²) in [6.45, 7) is 5.22. The van der Waals surface area contributed by atoms with E-state index in [4.69, 9.17) is 5.11 Å². The Bertz CT molecular complexity index is 102. The van der Waals surface area contributed by atoms with E-state index in [1.54, 1.807) is 0 Å². The topological polar surface area (TPSA) is 49.3 Å². The minimum atomic E-state index is -0.968. The Labute approximate surface area is 61.4 Å². The zero-order chi connectivity index (χ0) is 7.98. The maximum absolute atomic E-state index is 10.7. The van der Waals surface area contributed by atoms with Gasteiger partial charge in [0, 0.05) is 6.42 Å². The fourth-order valence-electron chi connectivity index (χ4n) is 0.595. The van der Waals surface area contributed by atoms with Crippen molar-refractivity contribution in [3.8, 4) is 0 Å². The van der Waals surface area contributed by atoms with Crippen LogP contribution in [0.1, 0.15) is 26.2 Å². The van der Waals surface area contributed by atoms with E-state index in [1.165, 1.54) is 0 Å². The molecule has 0 spiro atoms. The van der Waals surface area contributed by atoms with Crippen LogP contribution in [0.5, 0.6) is 0 Å². The van der Waals surface area contributed by atoms with Crippen LogP contribution in [0.25, 0.3) is 0 Å². The van der Waals surface area contributed by atoms with Gasteiger partial charge in [-0.1, -0.05) is 13.3 Å². The first kappa shape index (κ1) is 9.43. The summed E-state index contributed by atoms with van der Waals surface area (Å²) in [5, 5.41) is 10.9. The largest absolute Gasteiger partial charge is 0.374 e. The molecule has 0 bridgehead atoms. The van der Waals surface area contributed by atoms with Crippen LogP contribution in [0.3, 0.4) is 0 Å². The zero-order valence-electron chi connectivity index (χ0n) is 6.26. The number of carbonyl (C=O) groups excluding carboxylic acids is 1. The molecule has 0 saturated carbocycles. The van der Waals surface area contributed by atoms with Gasteiger partial charge in [-0.15, -0.1) is 0 Å². The molecule has 2 N–H and O–H groups in total. The third kappa shape index (κ3) is 5.56. The molecule has 0 fully saturated rings. The number of amides is 1. The van der Waals surface area contributed by atoms with Crippen LogP contribution >= 0.6 is 0 Å². The van der Waals surface area contributed by atoms with Gasteiger partial charge in [0.2, 0.25) is 5.91 Å². The van der Waals surface area contributed by atoms with Gasteiger partial charge in [0.1, 0.15) is 6.23 Å². The van der Waals surface area contributed by atoms with Gasteiger partial charge in [0.15, 0.2) is 0 Å². The second-order valence-corrected chi connectivity index (χ2v) is 2.19. The van der Waals surface area contributed by atoms with E-state index in [1.807, 2.05) is 6.92 Å². The monoisotopic (exact) mass is 144 g/mol. The van der Waals surface area contributed by atoms with Gasteiger partial charge in [0.05, 0.1) is 0 Å². The molecule has 10 heavy (non-hydrogen) atoms. The summed E-state index contributed by atoms with van der Waals surface area (Å²) < 4.78 is 0. The molecule has 0 aromatic heterocycles. The number of hydrogen-bond donors (Lipinski definition) is 2. The van der Waals surface area contributed by atoms with Gasteiger partial charge in [0.25, 0.3) is 0 Å².